The number of nitrogen functional groups attached to an aromatic ring is 1. The van der Waals surface area contributed by atoms with Crippen LogP contribution in [0.15, 0.2) is 54.7 Å². The first-order valence-electron chi connectivity index (χ1n) is 5.84. The van der Waals surface area contributed by atoms with Gasteiger partial charge in [-0.1, -0.05) is 24.3 Å². The third kappa shape index (κ3) is 3.31. The lowest BCUT2D eigenvalue weighted by Crippen LogP contribution is -2.38. The fraction of sp³-hybridized carbons (Fsp3) is 0.143. The van der Waals surface area contributed by atoms with Crippen molar-refractivity contribution in [3.05, 3.63) is 54.7 Å². The summed E-state index contributed by atoms with van der Waals surface area (Å²) in [5.74, 6) is 0.641. The summed E-state index contributed by atoms with van der Waals surface area (Å²) in [5, 5.41) is 2.84. The number of nitrogens with zero attached hydrogens (tertiary/aromatic N) is 1. The lowest BCUT2D eigenvalue weighted by atomic mass is 10.3. The van der Waals surface area contributed by atoms with Crippen LogP contribution in [0, 0.1) is 0 Å². The Balaban J connectivity index is 1.88. The molecule has 0 aliphatic rings. The Hall–Kier alpha value is -2.36. The molecule has 1 aromatic carbocycles. The maximum Gasteiger partial charge on any atom is 0.272 e. The summed E-state index contributed by atoms with van der Waals surface area (Å²) in [7, 11) is 0. The van der Waals surface area contributed by atoms with Gasteiger partial charge >= 0.3 is 0 Å². The third-order valence-corrected chi connectivity index (χ3v) is 2.61. The van der Waals surface area contributed by atoms with E-state index >= 15 is 0 Å². The summed E-state index contributed by atoms with van der Waals surface area (Å²) in [5.41, 5.74) is 6.60. The van der Waals surface area contributed by atoms with Gasteiger partial charge in [0.1, 0.15) is 0 Å². The van der Waals surface area contributed by atoms with Gasteiger partial charge in [0.25, 0.3) is 5.82 Å². The number of anilines is 2. The number of para-hydroxylation sites is 1. The maximum atomic E-state index is 11.7. The minimum atomic E-state index is -0.0167. The third-order valence-electron chi connectivity index (χ3n) is 2.61. The number of hydrogen-bond donors (Lipinski definition) is 2. The van der Waals surface area contributed by atoms with Crippen molar-refractivity contribution >= 4 is 17.4 Å². The standard InChI is InChI=1S/C14H15N3O/c15-13-8-4-5-10-17(13)11-9-14(18)16-12-6-2-1-3-7-12/h1-8,10,15H,9,11H2,(H,16,18)/p+1. The normalized spacial score (nSPS) is 10.0. The van der Waals surface area contributed by atoms with Gasteiger partial charge in [0.15, 0.2) is 0 Å². The largest absolute Gasteiger partial charge is 0.326 e. The first kappa shape index (κ1) is 12.1. The van der Waals surface area contributed by atoms with E-state index in [-0.39, 0.29) is 5.91 Å². The summed E-state index contributed by atoms with van der Waals surface area (Å²) in [6.07, 6.45) is 2.26. The molecule has 3 N–H and O–H groups in total. The molecule has 0 unspecified atom stereocenters. The molecule has 4 heteroatoms. The van der Waals surface area contributed by atoms with E-state index in [4.69, 9.17) is 5.73 Å². The highest BCUT2D eigenvalue weighted by Crippen LogP contribution is 2.05. The molecule has 0 atom stereocenters. The van der Waals surface area contributed by atoms with Crippen LogP contribution in [-0.2, 0) is 11.3 Å². The fourth-order valence-corrected chi connectivity index (χ4v) is 1.66. The highest BCUT2D eigenvalue weighted by atomic mass is 16.1. The van der Waals surface area contributed by atoms with Crippen LogP contribution in [-0.4, -0.2) is 5.91 Å². The molecule has 0 aliphatic carbocycles. The molecule has 1 heterocycles. The molecule has 18 heavy (non-hydrogen) atoms. The minimum absolute atomic E-state index is 0.0167. The number of rotatable bonds is 4. The number of carbonyl (C=O) groups excluding carboxylic acids is 1. The molecule has 0 saturated heterocycles. The second kappa shape index (κ2) is 5.82. The zero-order valence-corrected chi connectivity index (χ0v) is 10.0. The van der Waals surface area contributed by atoms with Gasteiger partial charge in [-0.3, -0.25) is 10.5 Å². The second-order valence-electron chi connectivity index (χ2n) is 3.98. The van der Waals surface area contributed by atoms with Crippen LogP contribution in [0.25, 0.3) is 0 Å². The molecule has 4 nitrogen and oxygen atoms in total. The topological polar surface area (TPSA) is 59.0 Å². The van der Waals surface area contributed by atoms with Gasteiger partial charge in [-0.2, -0.15) is 0 Å². The van der Waals surface area contributed by atoms with Gasteiger partial charge in [0, 0.05) is 11.8 Å². The van der Waals surface area contributed by atoms with Gasteiger partial charge < -0.3 is 5.32 Å². The van der Waals surface area contributed by atoms with Crippen molar-refractivity contribution in [1.29, 1.82) is 0 Å². The van der Waals surface area contributed by atoms with Crippen molar-refractivity contribution in [3.63, 3.8) is 0 Å². The number of pyridine rings is 1. The molecule has 0 radical (unpaired) electrons. The smallest absolute Gasteiger partial charge is 0.272 e. The Kier molecular flexibility index (Phi) is 3.91. The van der Waals surface area contributed by atoms with Crippen LogP contribution in [0.3, 0.4) is 0 Å². The van der Waals surface area contributed by atoms with Crippen LogP contribution in [0.1, 0.15) is 6.42 Å². The van der Waals surface area contributed by atoms with E-state index in [1.165, 1.54) is 0 Å². The molecule has 0 spiro atoms. The molecule has 0 saturated carbocycles. The van der Waals surface area contributed by atoms with Crippen molar-refractivity contribution in [1.82, 2.24) is 0 Å². The van der Waals surface area contributed by atoms with Crippen LogP contribution in [0.2, 0.25) is 0 Å². The summed E-state index contributed by atoms with van der Waals surface area (Å²) in [6, 6.07) is 15.0. The Morgan fingerprint density at radius 3 is 2.56 bits per heavy atom. The number of aromatic nitrogens is 1. The van der Waals surface area contributed by atoms with Crippen LogP contribution in [0.5, 0.6) is 0 Å². The molecule has 1 aromatic heterocycles. The second-order valence-corrected chi connectivity index (χ2v) is 3.98. The van der Waals surface area contributed by atoms with E-state index in [2.05, 4.69) is 5.32 Å². The summed E-state index contributed by atoms with van der Waals surface area (Å²) < 4.78 is 1.85. The monoisotopic (exact) mass is 242 g/mol. The van der Waals surface area contributed by atoms with E-state index in [0.29, 0.717) is 18.8 Å². The Labute approximate surface area is 106 Å². The van der Waals surface area contributed by atoms with Gasteiger partial charge in [-0.25, -0.2) is 4.57 Å². The molecule has 0 bridgehead atoms. The van der Waals surface area contributed by atoms with Crippen LogP contribution < -0.4 is 15.6 Å². The van der Waals surface area contributed by atoms with Crippen LogP contribution >= 0.6 is 0 Å². The van der Waals surface area contributed by atoms with Gasteiger partial charge in [0.2, 0.25) is 5.91 Å². The first-order chi connectivity index (χ1) is 8.75. The predicted octanol–water partition coefficient (Wildman–Crippen LogP) is 1.59. The zero-order valence-electron chi connectivity index (χ0n) is 10.0. The number of benzene rings is 1. The maximum absolute atomic E-state index is 11.7. The molecular weight excluding hydrogens is 226 g/mol. The van der Waals surface area contributed by atoms with Gasteiger partial charge in [-0.05, 0) is 18.2 Å². The number of amides is 1. The van der Waals surface area contributed by atoms with Crippen molar-refractivity contribution < 1.29 is 9.36 Å². The summed E-state index contributed by atoms with van der Waals surface area (Å²) in [4.78, 5) is 11.7. The number of aryl methyl sites for hydroxylation is 1. The number of hydrogen-bond acceptors (Lipinski definition) is 2. The highest BCUT2D eigenvalue weighted by molar-refractivity contribution is 5.90. The summed E-state index contributed by atoms with van der Waals surface area (Å²) >= 11 is 0. The van der Waals surface area contributed by atoms with E-state index < -0.39 is 0 Å². The highest BCUT2D eigenvalue weighted by Gasteiger charge is 2.07. The van der Waals surface area contributed by atoms with Gasteiger partial charge in [-0.15, -0.1) is 0 Å². The van der Waals surface area contributed by atoms with Crippen LogP contribution in [0.4, 0.5) is 11.5 Å². The quantitative estimate of drug-likeness (QED) is 0.800. The Bertz CT molecular complexity index is 526. The summed E-state index contributed by atoms with van der Waals surface area (Å²) in [6.45, 7) is 0.575. The average Bonchev–Trinajstić information content (AvgIpc) is 2.39. The van der Waals surface area contributed by atoms with Crippen molar-refractivity contribution in [2.45, 2.75) is 13.0 Å². The first-order valence-corrected chi connectivity index (χ1v) is 5.84. The van der Waals surface area contributed by atoms with E-state index in [1.807, 2.05) is 59.3 Å². The molecule has 2 rings (SSSR count). The Morgan fingerprint density at radius 1 is 1.11 bits per heavy atom. The lowest BCUT2D eigenvalue weighted by molar-refractivity contribution is -0.681. The van der Waals surface area contributed by atoms with Crippen molar-refractivity contribution in [3.8, 4) is 0 Å². The van der Waals surface area contributed by atoms with E-state index in [9.17, 15) is 4.79 Å². The SMILES string of the molecule is Nc1cccc[n+]1CCC(=O)Nc1ccccc1. The predicted molar refractivity (Wildman–Crippen MR) is 70.7 cm³/mol. The molecule has 1 amide bonds. The average molecular weight is 242 g/mol. The number of nitrogens with one attached hydrogen (secondary N) is 1. The minimum Gasteiger partial charge on any atom is -0.326 e. The van der Waals surface area contributed by atoms with Crippen molar-refractivity contribution in [2.75, 3.05) is 11.1 Å². The molecule has 92 valence electrons. The molecule has 2 aromatic rings. The van der Waals surface area contributed by atoms with E-state index in [1.54, 1.807) is 0 Å². The van der Waals surface area contributed by atoms with Crippen molar-refractivity contribution in [2.24, 2.45) is 0 Å². The Morgan fingerprint density at radius 2 is 1.83 bits per heavy atom. The fourth-order valence-electron chi connectivity index (χ4n) is 1.66. The number of nitrogens with two attached hydrogens (primary N) is 1. The van der Waals surface area contributed by atoms with E-state index in [0.717, 1.165) is 5.69 Å². The number of carbonyl (C=O) groups is 1. The zero-order chi connectivity index (χ0) is 12.8. The molecule has 0 fully saturated rings. The molecular formula is C14H16N3O+. The lowest BCUT2D eigenvalue weighted by Gasteiger charge is -2.05. The molecule has 0 aliphatic heterocycles. The van der Waals surface area contributed by atoms with Gasteiger partial charge in [0.05, 0.1) is 19.2 Å².